The number of hydrogen-bond donors (Lipinski definition) is 0. The summed E-state index contributed by atoms with van der Waals surface area (Å²) in [6.07, 6.45) is -0.633. The highest BCUT2D eigenvalue weighted by Gasteiger charge is 2.60. The second-order valence-electron chi connectivity index (χ2n) is 8.39. The number of rotatable bonds is 8. The van der Waals surface area contributed by atoms with E-state index >= 15 is 0 Å². The maximum absolute atomic E-state index is 13.0. The van der Waals surface area contributed by atoms with Crippen molar-refractivity contribution in [2.24, 2.45) is 10.8 Å². The van der Waals surface area contributed by atoms with Gasteiger partial charge in [-0.05, 0) is 51.7 Å². The quantitative estimate of drug-likeness (QED) is 0.291. The predicted octanol–water partition coefficient (Wildman–Crippen LogP) is 2.30. The van der Waals surface area contributed by atoms with Crippen molar-refractivity contribution < 1.29 is 47.7 Å². The number of carbonyl (C=O) groups excluding carboxylic acids is 5. The summed E-state index contributed by atoms with van der Waals surface area (Å²) in [6, 6.07) is 0. The van der Waals surface area contributed by atoms with Gasteiger partial charge in [-0.25, -0.2) is 0 Å². The molecule has 0 bridgehead atoms. The lowest BCUT2D eigenvalue weighted by Crippen LogP contribution is -2.41. The Hall–Kier alpha value is -3.17. The van der Waals surface area contributed by atoms with Crippen molar-refractivity contribution in [1.29, 1.82) is 0 Å². The minimum Gasteiger partial charge on any atom is -0.465 e. The van der Waals surface area contributed by atoms with Gasteiger partial charge in [-0.15, -0.1) is 0 Å². The van der Waals surface area contributed by atoms with Crippen LogP contribution >= 0.6 is 0 Å². The zero-order chi connectivity index (χ0) is 25.1. The Morgan fingerprint density at radius 3 is 1.53 bits per heavy atom. The van der Waals surface area contributed by atoms with Crippen molar-refractivity contribution >= 4 is 29.8 Å². The van der Waals surface area contributed by atoms with Crippen molar-refractivity contribution in [3.63, 3.8) is 0 Å². The Morgan fingerprint density at radius 1 is 0.676 bits per heavy atom. The number of hydrogen-bond acceptors (Lipinski definition) is 10. The summed E-state index contributed by atoms with van der Waals surface area (Å²) in [4.78, 5) is 64.5. The molecule has 0 aromatic heterocycles. The maximum Gasteiger partial charge on any atom is 0.324 e. The van der Waals surface area contributed by atoms with Gasteiger partial charge in [0, 0.05) is 12.8 Å². The Morgan fingerprint density at radius 2 is 1.09 bits per heavy atom. The summed E-state index contributed by atoms with van der Waals surface area (Å²) < 4.78 is 26.3. The SMILES string of the molecule is CCOC(=O)C1(C(=O)OCC)CC2=C(C1)C1=C(CC(C(=O)OCC)(C(=O)OCC)C1)OC(=O)C2. The van der Waals surface area contributed by atoms with Crippen LogP contribution in [-0.4, -0.2) is 56.3 Å². The summed E-state index contributed by atoms with van der Waals surface area (Å²) >= 11 is 0. The maximum atomic E-state index is 13.0. The number of esters is 5. The zero-order valence-corrected chi connectivity index (χ0v) is 19.9. The van der Waals surface area contributed by atoms with Crippen LogP contribution in [-0.2, 0) is 47.7 Å². The van der Waals surface area contributed by atoms with E-state index in [1.807, 2.05) is 0 Å². The third kappa shape index (κ3) is 4.21. The molecule has 10 heteroatoms. The molecule has 1 heterocycles. The molecule has 0 fully saturated rings. The average Bonchev–Trinajstić information content (AvgIpc) is 3.32. The smallest absolute Gasteiger partial charge is 0.324 e. The van der Waals surface area contributed by atoms with Crippen molar-refractivity contribution in [2.75, 3.05) is 26.4 Å². The molecule has 0 saturated heterocycles. The highest BCUT2D eigenvalue weighted by atomic mass is 16.6. The molecule has 0 unspecified atom stereocenters. The zero-order valence-electron chi connectivity index (χ0n) is 19.9. The fourth-order valence-electron chi connectivity index (χ4n) is 4.83. The molecule has 2 aliphatic carbocycles. The van der Waals surface area contributed by atoms with Crippen molar-refractivity contribution in [3.05, 3.63) is 22.5 Å². The van der Waals surface area contributed by atoms with E-state index in [0.717, 1.165) is 0 Å². The van der Waals surface area contributed by atoms with Gasteiger partial charge in [0.05, 0.1) is 32.8 Å². The van der Waals surface area contributed by atoms with Crippen LogP contribution < -0.4 is 0 Å². The molecule has 34 heavy (non-hydrogen) atoms. The van der Waals surface area contributed by atoms with E-state index < -0.39 is 40.7 Å². The molecule has 0 aromatic rings. The van der Waals surface area contributed by atoms with E-state index in [1.54, 1.807) is 27.7 Å². The molecule has 0 spiro atoms. The average molecular weight is 478 g/mol. The van der Waals surface area contributed by atoms with Crippen LogP contribution in [0.25, 0.3) is 0 Å². The first-order valence-electron chi connectivity index (χ1n) is 11.5. The molecule has 1 aliphatic heterocycles. The van der Waals surface area contributed by atoms with Gasteiger partial charge >= 0.3 is 29.8 Å². The largest absolute Gasteiger partial charge is 0.465 e. The highest BCUT2D eigenvalue weighted by molar-refractivity contribution is 6.04. The first kappa shape index (κ1) is 25.5. The summed E-state index contributed by atoms with van der Waals surface area (Å²) in [5.41, 5.74) is -1.86. The van der Waals surface area contributed by atoms with Gasteiger partial charge in [-0.2, -0.15) is 0 Å². The lowest BCUT2D eigenvalue weighted by atomic mass is 9.81. The molecular formula is C24H30O10. The van der Waals surface area contributed by atoms with E-state index in [0.29, 0.717) is 16.7 Å². The lowest BCUT2D eigenvalue weighted by Gasteiger charge is -2.26. The predicted molar refractivity (Wildman–Crippen MR) is 115 cm³/mol. The second-order valence-corrected chi connectivity index (χ2v) is 8.39. The minimum atomic E-state index is -1.72. The van der Waals surface area contributed by atoms with Crippen molar-refractivity contribution in [1.82, 2.24) is 0 Å². The summed E-state index contributed by atoms with van der Waals surface area (Å²) in [6.45, 7) is 6.73. The monoisotopic (exact) mass is 478 g/mol. The first-order chi connectivity index (χ1) is 16.2. The van der Waals surface area contributed by atoms with Crippen LogP contribution in [0.5, 0.6) is 0 Å². The van der Waals surface area contributed by atoms with E-state index in [1.165, 1.54) is 0 Å². The molecule has 0 N–H and O–H groups in total. The van der Waals surface area contributed by atoms with Crippen LogP contribution in [0.4, 0.5) is 0 Å². The molecule has 186 valence electrons. The lowest BCUT2D eigenvalue weighted by molar-refractivity contribution is -0.173. The summed E-state index contributed by atoms with van der Waals surface area (Å²) in [5, 5.41) is 0. The van der Waals surface area contributed by atoms with Crippen LogP contribution in [0.3, 0.4) is 0 Å². The Balaban J connectivity index is 2.05. The van der Waals surface area contributed by atoms with E-state index in [-0.39, 0.29) is 64.3 Å². The van der Waals surface area contributed by atoms with Gasteiger partial charge in [-0.1, -0.05) is 5.57 Å². The van der Waals surface area contributed by atoms with Crippen LogP contribution in [0.1, 0.15) is 59.8 Å². The topological polar surface area (TPSA) is 132 Å². The standard InChI is InChI=1S/C24H30O10/c1-5-30-19(26)23(20(27)31-6-2)10-14-9-18(25)34-17-13-24(21(28)32-7-3,22(29)33-8-4)12-16(17)15(14)11-23/h5-13H2,1-4H3. The minimum absolute atomic E-state index is 0.0488. The molecule has 0 atom stereocenters. The van der Waals surface area contributed by atoms with Crippen LogP contribution in [0.15, 0.2) is 22.5 Å². The molecule has 0 saturated carbocycles. The third-order valence-corrected chi connectivity index (χ3v) is 6.32. The number of allylic oxidation sites excluding steroid dienone is 3. The van der Waals surface area contributed by atoms with Crippen LogP contribution in [0.2, 0.25) is 0 Å². The number of fused-ring (bicyclic) bond motifs is 1. The second kappa shape index (κ2) is 9.99. The van der Waals surface area contributed by atoms with E-state index in [9.17, 15) is 24.0 Å². The number of carbonyl (C=O) groups is 5. The Labute approximate surface area is 197 Å². The normalized spacial score (nSPS) is 20.1. The third-order valence-electron chi connectivity index (χ3n) is 6.32. The molecule has 0 radical (unpaired) electrons. The molecule has 0 amide bonds. The highest BCUT2D eigenvalue weighted by Crippen LogP contribution is 2.55. The fraction of sp³-hybridized carbons (Fsp3) is 0.625. The number of ether oxygens (including phenoxy) is 5. The molecule has 3 rings (SSSR count). The summed E-state index contributed by atoms with van der Waals surface area (Å²) in [7, 11) is 0. The van der Waals surface area contributed by atoms with Gasteiger partial charge in [0.25, 0.3) is 0 Å². The summed E-state index contributed by atoms with van der Waals surface area (Å²) in [5.74, 6) is -3.49. The van der Waals surface area contributed by atoms with Gasteiger partial charge in [0.1, 0.15) is 5.76 Å². The Kier molecular flexibility index (Phi) is 7.48. The molecule has 3 aliphatic rings. The van der Waals surface area contributed by atoms with Crippen molar-refractivity contribution in [3.8, 4) is 0 Å². The fourth-order valence-corrected chi connectivity index (χ4v) is 4.83. The van der Waals surface area contributed by atoms with Crippen molar-refractivity contribution in [2.45, 2.75) is 59.8 Å². The van der Waals surface area contributed by atoms with E-state index in [4.69, 9.17) is 23.7 Å². The Bertz CT molecular complexity index is 858. The first-order valence-corrected chi connectivity index (χ1v) is 11.5. The van der Waals surface area contributed by atoms with Gasteiger partial charge < -0.3 is 23.7 Å². The molecule has 0 aromatic carbocycles. The van der Waals surface area contributed by atoms with Gasteiger partial charge in [0.2, 0.25) is 0 Å². The van der Waals surface area contributed by atoms with Crippen LogP contribution in [0, 0.1) is 10.8 Å². The molecular weight excluding hydrogens is 448 g/mol. The van der Waals surface area contributed by atoms with Gasteiger partial charge in [-0.3, -0.25) is 24.0 Å². The van der Waals surface area contributed by atoms with Gasteiger partial charge in [0.15, 0.2) is 10.8 Å². The molecule has 10 nitrogen and oxygen atoms in total. The van der Waals surface area contributed by atoms with E-state index in [2.05, 4.69) is 0 Å².